The van der Waals surface area contributed by atoms with E-state index in [1.807, 2.05) is 18.2 Å². The molecule has 0 radical (unpaired) electrons. The highest BCUT2D eigenvalue weighted by Crippen LogP contribution is 2.32. The SMILES string of the molecule is COc1ccc(Cl)cc1[C@H]1CCCCCN1. The number of ether oxygens (including phenoxy) is 1. The average molecular weight is 240 g/mol. The molecule has 0 amide bonds. The fourth-order valence-electron chi connectivity index (χ4n) is 2.27. The topological polar surface area (TPSA) is 21.3 Å². The first-order chi connectivity index (χ1) is 7.81. The highest BCUT2D eigenvalue weighted by atomic mass is 35.5. The minimum Gasteiger partial charge on any atom is -0.496 e. The van der Waals surface area contributed by atoms with Crippen LogP contribution in [-0.2, 0) is 0 Å². The first-order valence-electron chi connectivity index (χ1n) is 5.88. The van der Waals surface area contributed by atoms with Crippen molar-refractivity contribution in [3.8, 4) is 5.75 Å². The summed E-state index contributed by atoms with van der Waals surface area (Å²) in [6.45, 7) is 1.08. The molecule has 1 aromatic carbocycles. The second kappa shape index (κ2) is 5.55. The molecule has 1 heterocycles. The Morgan fingerprint density at radius 1 is 1.31 bits per heavy atom. The van der Waals surface area contributed by atoms with Gasteiger partial charge in [-0.05, 0) is 37.6 Å². The molecule has 16 heavy (non-hydrogen) atoms. The summed E-state index contributed by atoms with van der Waals surface area (Å²) < 4.78 is 5.40. The Labute approximate surface area is 102 Å². The predicted molar refractivity (Wildman–Crippen MR) is 67.2 cm³/mol. The van der Waals surface area contributed by atoms with E-state index in [2.05, 4.69) is 5.32 Å². The first kappa shape index (κ1) is 11.7. The number of hydrogen-bond donors (Lipinski definition) is 1. The third-order valence-electron chi connectivity index (χ3n) is 3.13. The van der Waals surface area contributed by atoms with Crippen LogP contribution in [0.2, 0.25) is 5.02 Å². The zero-order valence-corrected chi connectivity index (χ0v) is 10.4. The summed E-state index contributed by atoms with van der Waals surface area (Å²) in [4.78, 5) is 0. The summed E-state index contributed by atoms with van der Waals surface area (Å²) in [5, 5.41) is 4.34. The molecule has 0 aliphatic carbocycles. The number of nitrogens with one attached hydrogen (secondary N) is 1. The van der Waals surface area contributed by atoms with Crippen LogP contribution in [0, 0.1) is 0 Å². The van der Waals surface area contributed by atoms with E-state index < -0.39 is 0 Å². The van der Waals surface area contributed by atoms with E-state index in [0.29, 0.717) is 6.04 Å². The van der Waals surface area contributed by atoms with Gasteiger partial charge in [-0.1, -0.05) is 24.4 Å². The maximum Gasteiger partial charge on any atom is 0.123 e. The minimum absolute atomic E-state index is 0.385. The summed E-state index contributed by atoms with van der Waals surface area (Å²) in [6.07, 6.45) is 5.01. The number of rotatable bonds is 2. The van der Waals surface area contributed by atoms with Crippen molar-refractivity contribution in [2.45, 2.75) is 31.7 Å². The Kier molecular flexibility index (Phi) is 4.08. The van der Waals surface area contributed by atoms with Crippen LogP contribution in [-0.4, -0.2) is 13.7 Å². The van der Waals surface area contributed by atoms with Crippen molar-refractivity contribution in [2.24, 2.45) is 0 Å². The summed E-state index contributed by atoms with van der Waals surface area (Å²) >= 11 is 6.05. The van der Waals surface area contributed by atoms with Gasteiger partial charge >= 0.3 is 0 Å². The average Bonchev–Trinajstić information content (AvgIpc) is 2.57. The summed E-state index contributed by atoms with van der Waals surface area (Å²) in [7, 11) is 1.71. The summed E-state index contributed by atoms with van der Waals surface area (Å²) in [6, 6.07) is 6.23. The molecule has 0 aromatic heterocycles. The highest BCUT2D eigenvalue weighted by molar-refractivity contribution is 6.30. The van der Waals surface area contributed by atoms with E-state index >= 15 is 0 Å². The number of methoxy groups -OCH3 is 1. The van der Waals surface area contributed by atoms with Crippen LogP contribution in [0.3, 0.4) is 0 Å². The minimum atomic E-state index is 0.385. The number of benzene rings is 1. The third-order valence-corrected chi connectivity index (χ3v) is 3.36. The molecule has 1 fully saturated rings. The monoisotopic (exact) mass is 239 g/mol. The second-order valence-corrected chi connectivity index (χ2v) is 4.68. The molecule has 2 rings (SSSR count). The Bertz CT molecular complexity index is 346. The van der Waals surface area contributed by atoms with E-state index in [-0.39, 0.29) is 0 Å². The van der Waals surface area contributed by atoms with Gasteiger partial charge in [0.2, 0.25) is 0 Å². The number of halogens is 1. The van der Waals surface area contributed by atoms with Gasteiger partial charge < -0.3 is 10.1 Å². The van der Waals surface area contributed by atoms with Crippen LogP contribution in [0.5, 0.6) is 5.75 Å². The van der Waals surface area contributed by atoms with Gasteiger partial charge in [0.25, 0.3) is 0 Å². The molecule has 0 bridgehead atoms. The molecule has 1 atom stereocenters. The second-order valence-electron chi connectivity index (χ2n) is 4.24. The van der Waals surface area contributed by atoms with Gasteiger partial charge in [-0.25, -0.2) is 0 Å². The summed E-state index contributed by atoms with van der Waals surface area (Å²) in [5.74, 6) is 0.934. The molecular formula is C13H18ClNO. The highest BCUT2D eigenvalue weighted by Gasteiger charge is 2.17. The molecule has 88 valence electrons. The zero-order valence-electron chi connectivity index (χ0n) is 9.63. The molecule has 1 aliphatic heterocycles. The van der Waals surface area contributed by atoms with E-state index in [4.69, 9.17) is 16.3 Å². The summed E-state index contributed by atoms with van der Waals surface area (Å²) in [5.41, 5.74) is 1.19. The van der Waals surface area contributed by atoms with Crippen molar-refractivity contribution < 1.29 is 4.74 Å². The Morgan fingerprint density at radius 2 is 2.19 bits per heavy atom. The Hall–Kier alpha value is -0.730. The van der Waals surface area contributed by atoms with E-state index in [9.17, 15) is 0 Å². The van der Waals surface area contributed by atoms with Crippen molar-refractivity contribution in [1.82, 2.24) is 5.32 Å². The van der Waals surface area contributed by atoms with Crippen LogP contribution >= 0.6 is 11.6 Å². The van der Waals surface area contributed by atoms with Crippen LogP contribution in [0.1, 0.15) is 37.3 Å². The van der Waals surface area contributed by atoms with Crippen molar-refractivity contribution in [3.63, 3.8) is 0 Å². The maximum absolute atomic E-state index is 6.05. The predicted octanol–water partition coefficient (Wildman–Crippen LogP) is 3.55. The molecule has 1 aliphatic rings. The van der Waals surface area contributed by atoms with E-state index in [1.165, 1.54) is 24.8 Å². The molecule has 1 aromatic rings. The van der Waals surface area contributed by atoms with Crippen molar-refractivity contribution in [2.75, 3.05) is 13.7 Å². The van der Waals surface area contributed by atoms with Gasteiger partial charge in [0.05, 0.1) is 7.11 Å². The number of hydrogen-bond acceptors (Lipinski definition) is 2. The van der Waals surface area contributed by atoms with Crippen LogP contribution < -0.4 is 10.1 Å². The standard InChI is InChI=1S/C13H18ClNO/c1-16-13-7-6-10(14)9-11(13)12-5-3-2-4-8-15-12/h6-7,9,12,15H,2-5,8H2,1H3/t12-/m1/s1. The van der Waals surface area contributed by atoms with Crippen molar-refractivity contribution in [1.29, 1.82) is 0 Å². The van der Waals surface area contributed by atoms with Gasteiger partial charge in [0.15, 0.2) is 0 Å². The molecule has 1 saturated heterocycles. The smallest absolute Gasteiger partial charge is 0.123 e. The van der Waals surface area contributed by atoms with Gasteiger partial charge in [-0.2, -0.15) is 0 Å². The fourth-order valence-corrected chi connectivity index (χ4v) is 2.45. The largest absolute Gasteiger partial charge is 0.496 e. The lowest BCUT2D eigenvalue weighted by molar-refractivity contribution is 0.397. The van der Waals surface area contributed by atoms with Gasteiger partial charge in [0.1, 0.15) is 5.75 Å². The van der Waals surface area contributed by atoms with E-state index in [0.717, 1.165) is 23.7 Å². The lowest BCUT2D eigenvalue weighted by atomic mass is 10.0. The molecule has 0 unspecified atom stereocenters. The van der Waals surface area contributed by atoms with Gasteiger partial charge in [0, 0.05) is 16.6 Å². The third kappa shape index (κ3) is 2.69. The van der Waals surface area contributed by atoms with Crippen LogP contribution in [0.15, 0.2) is 18.2 Å². The quantitative estimate of drug-likeness (QED) is 0.852. The van der Waals surface area contributed by atoms with Crippen molar-refractivity contribution >= 4 is 11.6 Å². The molecular weight excluding hydrogens is 222 g/mol. The molecule has 2 nitrogen and oxygen atoms in total. The van der Waals surface area contributed by atoms with Gasteiger partial charge in [-0.15, -0.1) is 0 Å². The van der Waals surface area contributed by atoms with Crippen molar-refractivity contribution in [3.05, 3.63) is 28.8 Å². The Balaban J connectivity index is 2.25. The normalized spacial score (nSPS) is 21.5. The van der Waals surface area contributed by atoms with E-state index in [1.54, 1.807) is 7.11 Å². The van der Waals surface area contributed by atoms with Crippen LogP contribution in [0.25, 0.3) is 0 Å². The molecule has 1 N–H and O–H groups in total. The molecule has 0 spiro atoms. The zero-order chi connectivity index (χ0) is 11.4. The molecule has 0 saturated carbocycles. The lowest BCUT2D eigenvalue weighted by Crippen LogP contribution is -2.20. The first-order valence-corrected chi connectivity index (χ1v) is 6.26. The lowest BCUT2D eigenvalue weighted by Gasteiger charge is -2.19. The molecule has 3 heteroatoms. The fraction of sp³-hybridized carbons (Fsp3) is 0.538. The maximum atomic E-state index is 6.05. The Morgan fingerprint density at radius 3 is 3.00 bits per heavy atom. The van der Waals surface area contributed by atoms with Crippen LogP contribution in [0.4, 0.5) is 0 Å². The van der Waals surface area contributed by atoms with Gasteiger partial charge in [-0.3, -0.25) is 0 Å².